The number of halogens is 1. The Morgan fingerprint density at radius 3 is 2.46 bits per heavy atom. The van der Waals surface area contributed by atoms with Crippen LogP contribution >= 0.6 is 11.6 Å². The minimum absolute atomic E-state index is 0.346. The van der Waals surface area contributed by atoms with E-state index in [9.17, 15) is 4.79 Å². The highest BCUT2D eigenvalue weighted by molar-refractivity contribution is 6.30. The normalized spacial score (nSPS) is 16.8. The molecule has 0 aliphatic carbocycles. The first-order valence-electron chi connectivity index (χ1n) is 7.88. The second-order valence-corrected chi connectivity index (χ2v) is 6.41. The van der Waals surface area contributed by atoms with Crippen LogP contribution in [0.2, 0.25) is 5.02 Å². The lowest BCUT2D eigenvalue weighted by molar-refractivity contribution is -0.123. The van der Waals surface area contributed by atoms with Crippen molar-refractivity contribution in [2.45, 2.75) is 13.0 Å². The zero-order chi connectivity index (χ0) is 17.1. The number of amides is 1. The van der Waals surface area contributed by atoms with Gasteiger partial charge in [-0.1, -0.05) is 23.7 Å². The lowest BCUT2D eigenvalue weighted by Crippen LogP contribution is -2.50. The summed E-state index contributed by atoms with van der Waals surface area (Å²) in [5, 5.41) is 8.84. The molecule has 7 heteroatoms. The van der Waals surface area contributed by atoms with Gasteiger partial charge in [-0.25, -0.2) is 0 Å². The molecule has 1 fully saturated rings. The predicted octanol–water partition coefficient (Wildman–Crippen LogP) is 1.79. The third-order valence-corrected chi connectivity index (χ3v) is 4.49. The van der Waals surface area contributed by atoms with Gasteiger partial charge in [0.1, 0.15) is 6.04 Å². The van der Waals surface area contributed by atoms with Crippen molar-refractivity contribution in [1.82, 2.24) is 15.1 Å². The summed E-state index contributed by atoms with van der Waals surface area (Å²) in [5.41, 5.74) is 7.61. The molecule has 1 saturated heterocycles. The predicted molar refractivity (Wildman–Crippen MR) is 93.9 cm³/mol. The van der Waals surface area contributed by atoms with E-state index in [2.05, 4.69) is 20.0 Å². The molecule has 2 heterocycles. The maximum Gasteiger partial charge on any atom is 0.239 e. The fourth-order valence-electron chi connectivity index (χ4n) is 3.01. The highest BCUT2D eigenvalue weighted by Crippen LogP contribution is 2.24. The van der Waals surface area contributed by atoms with Crippen LogP contribution < -0.4 is 10.6 Å². The van der Waals surface area contributed by atoms with E-state index < -0.39 is 6.04 Å². The van der Waals surface area contributed by atoms with Crippen molar-refractivity contribution >= 4 is 23.3 Å². The number of carbonyl (C=O) groups is 1. The van der Waals surface area contributed by atoms with E-state index in [1.54, 1.807) is 18.3 Å². The van der Waals surface area contributed by atoms with Gasteiger partial charge in [0.2, 0.25) is 5.91 Å². The number of nitrogens with two attached hydrogens (primary N) is 1. The van der Waals surface area contributed by atoms with Crippen molar-refractivity contribution in [3.05, 3.63) is 52.7 Å². The van der Waals surface area contributed by atoms with Gasteiger partial charge in [-0.3, -0.25) is 9.69 Å². The summed E-state index contributed by atoms with van der Waals surface area (Å²) in [6.07, 6.45) is 1.74. The zero-order valence-corrected chi connectivity index (χ0v) is 14.3. The monoisotopic (exact) mass is 345 g/mol. The first-order chi connectivity index (χ1) is 11.5. The number of aromatic nitrogens is 2. The molecule has 2 aromatic rings. The van der Waals surface area contributed by atoms with Crippen LogP contribution in [0, 0.1) is 6.92 Å². The van der Waals surface area contributed by atoms with E-state index in [0.29, 0.717) is 5.02 Å². The number of carbonyl (C=O) groups excluding carboxylic acids is 1. The fourth-order valence-corrected chi connectivity index (χ4v) is 3.14. The smallest absolute Gasteiger partial charge is 0.239 e. The molecule has 6 nitrogen and oxygen atoms in total. The molecule has 1 aromatic heterocycles. The Balaban J connectivity index is 1.72. The Bertz CT molecular complexity index is 713. The van der Waals surface area contributed by atoms with Crippen LogP contribution in [0.3, 0.4) is 0 Å². The molecule has 0 spiro atoms. The maximum absolute atomic E-state index is 12.0. The number of hydrogen-bond donors (Lipinski definition) is 1. The van der Waals surface area contributed by atoms with E-state index in [-0.39, 0.29) is 5.91 Å². The Kier molecular flexibility index (Phi) is 4.97. The fraction of sp³-hybridized carbons (Fsp3) is 0.353. The van der Waals surface area contributed by atoms with Gasteiger partial charge in [-0.05, 0) is 36.2 Å². The van der Waals surface area contributed by atoms with Crippen molar-refractivity contribution in [1.29, 1.82) is 0 Å². The SMILES string of the molecule is Cc1cnnc(N2CCN(C(C(N)=O)c3ccc(Cl)cc3)CC2)c1. The summed E-state index contributed by atoms with van der Waals surface area (Å²) in [6, 6.07) is 8.87. The first-order valence-corrected chi connectivity index (χ1v) is 8.25. The van der Waals surface area contributed by atoms with Crippen molar-refractivity contribution in [3.8, 4) is 0 Å². The third kappa shape index (κ3) is 3.66. The van der Waals surface area contributed by atoms with Crippen molar-refractivity contribution < 1.29 is 4.79 Å². The maximum atomic E-state index is 12.0. The van der Waals surface area contributed by atoms with Gasteiger partial charge in [-0.15, -0.1) is 5.10 Å². The van der Waals surface area contributed by atoms with Crippen molar-refractivity contribution in [2.24, 2.45) is 5.73 Å². The number of piperazine rings is 1. The summed E-state index contributed by atoms with van der Waals surface area (Å²) < 4.78 is 0. The molecule has 3 rings (SSSR count). The molecule has 24 heavy (non-hydrogen) atoms. The van der Waals surface area contributed by atoms with Crippen LogP contribution in [0.25, 0.3) is 0 Å². The summed E-state index contributed by atoms with van der Waals surface area (Å²) in [4.78, 5) is 16.3. The van der Waals surface area contributed by atoms with Gasteiger partial charge in [0, 0.05) is 31.2 Å². The molecule has 1 atom stereocenters. The largest absolute Gasteiger partial charge is 0.368 e. The number of aryl methyl sites for hydroxylation is 1. The van der Waals surface area contributed by atoms with E-state index in [1.165, 1.54) is 0 Å². The molecule has 0 bridgehead atoms. The quantitative estimate of drug-likeness (QED) is 0.914. The molecule has 1 aliphatic heterocycles. The van der Waals surface area contributed by atoms with Gasteiger partial charge in [0.25, 0.3) is 0 Å². The minimum atomic E-state index is -0.437. The van der Waals surface area contributed by atoms with Crippen LogP contribution in [-0.4, -0.2) is 47.2 Å². The molecule has 1 amide bonds. The van der Waals surface area contributed by atoms with Crippen LogP contribution in [0.15, 0.2) is 36.5 Å². The average molecular weight is 346 g/mol. The Hall–Kier alpha value is -2.18. The number of primary amides is 1. The molecule has 1 aliphatic rings. The molecule has 0 saturated carbocycles. The lowest BCUT2D eigenvalue weighted by Gasteiger charge is -2.38. The number of rotatable bonds is 4. The molecule has 2 N–H and O–H groups in total. The van der Waals surface area contributed by atoms with Crippen LogP contribution in [0.5, 0.6) is 0 Å². The summed E-state index contributed by atoms with van der Waals surface area (Å²) in [7, 11) is 0. The van der Waals surface area contributed by atoms with Gasteiger partial charge in [0.05, 0.1) is 6.20 Å². The summed E-state index contributed by atoms with van der Waals surface area (Å²) in [5.74, 6) is 0.526. The second kappa shape index (κ2) is 7.15. The zero-order valence-electron chi connectivity index (χ0n) is 13.5. The second-order valence-electron chi connectivity index (χ2n) is 5.97. The molecule has 1 unspecified atom stereocenters. The van der Waals surface area contributed by atoms with Crippen LogP contribution in [0.4, 0.5) is 5.82 Å². The number of benzene rings is 1. The van der Waals surface area contributed by atoms with E-state index in [4.69, 9.17) is 17.3 Å². The number of anilines is 1. The van der Waals surface area contributed by atoms with Crippen molar-refractivity contribution in [3.63, 3.8) is 0 Å². The molecule has 0 radical (unpaired) electrons. The van der Waals surface area contributed by atoms with Gasteiger partial charge < -0.3 is 10.6 Å². The van der Waals surface area contributed by atoms with Gasteiger partial charge in [0.15, 0.2) is 5.82 Å². The van der Waals surface area contributed by atoms with Gasteiger partial charge in [-0.2, -0.15) is 5.10 Å². The third-order valence-electron chi connectivity index (χ3n) is 4.24. The van der Waals surface area contributed by atoms with E-state index >= 15 is 0 Å². The lowest BCUT2D eigenvalue weighted by atomic mass is 10.0. The highest BCUT2D eigenvalue weighted by atomic mass is 35.5. The molecular formula is C17H20ClN5O. The Morgan fingerprint density at radius 2 is 1.88 bits per heavy atom. The van der Waals surface area contributed by atoms with Crippen LogP contribution in [0.1, 0.15) is 17.2 Å². The molecular weight excluding hydrogens is 326 g/mol. The Morgan fingerprint density at radius 1 is 1.21 bits per heavy atom. The highest BCUT2D eigenvalue weighted by Gasteiger charge is 2.29. The Labute approximate surface area is 146 Å². The summed E-state index contributed by atoms with van der Waals surface area (Å²) >= 11 is 5.93. The average Bonchev–Trinajstić information content (AvgIpc) is 2.57. The molecule has 126 valence electrons. The van der Waals surface area contributed by atoms with E-state index in [1.807, 2.05) is 25.1 Å². The molecule has 1 aromatic carbocycles. The topological polar surface area (TPSA) is 75.3 Å². The van der Waals surface area contributed by atoms with Gasteiger partial charge >= 0.3 is 0 Å². The minimum Gasteiger partial charge on any atom is -0.368 e. The number of hydrogen-bond acceptors (Lipinski definition) is 5. The van der Waals surface area contributed by atoms with Crippen LogP contribution in [-0.2, 0) is 4.79 Å². The standard InChI is InChI=1S/C17H20ClN5O/c1-12-10-15(21-20-11-12)22-6-8-23(9-7-22)16(17(19)24)13-2-4-14(18)5-3-13/h2-5,10-11,16H,6-9H2,1H3,(H2,19,24). The van der Waals surface area contributed by atoms with E-state index in [0.717, 1.165) is 43.1 Å². The van der Waals surface area contributed by atoms with Crippen molar-refractivity contribution in [2.75, 3.05) is 31.1 Å². The number of nitrogens with zero attached hydrogens (tertiary/aromatic N) is 4. The summed E-state index contributed by atoms with van der Waals surface area (Å²) in [6.45, 7) is 5.00. The first kappa shape index (κ1) is 16.7.